The molecular formula is C37H40BOP. The van der Waals surface area contributed by atoms with Crippen LogP contribution in [0.4, 0.5) is 0 Å². The maximum atomic E-state index is 13.1. The Morgan fingerprint density at radius 3 is 1.15 bits per heavy atom. The first kappa shape index (κ1) is 28.1. The van der Waals surface area contributed by atoms with Crippen LogP contribution in [0.5, 0.6) is 0 Å². The quantitative estimate of drug-likeness (QED) is 0.225. The van der Waals surface area contributed by atoms with Gasteiger partial charge in [0, 0.05) is 0 Å². The van der Waals surface area contributed by atoms with Crippen LogP contribution in [0.1, 0.15) is 33.4 Å². The van der Waals surface area contributed by atoms with Crippen molar-refractivity contribution in [1.82, 2.24) is 0 Å². The molecule has 1 nitrogen and oxygen atoms in total. The summed E-state index contributed by atoms with van der Waals surface area (Å²) in [6.45, 7) is 15.2. The van der Waals surface area contributed by atoms with Crippen molar-refractivity contribution < 1.29 is 5.02 Å². The fourth-order valence-electron chi connectivity index (χ4n) is 7.13. The van der Waals surface area contributed by atoms with Crippen LogP contribution >= 0.6 is 7.26 Å². The molecule has 0 aliphatic heterocycles. The smallest absolute Gasteiger partial charge is 0.196 e. The summed E-state index contributed by atoms with van der Waals surface area (Å²) in [4.78, 5) is 0. The van der Waals surface area contributed by atoms with Crippen molar-refractivity contribution in [3.63, 3.8) is 0 Å². The molecule has 0 saturated carbocycles. The van der Waals surface area contributed by atoms with Gasteiger partial charge in [0.1, 0.15) is 23.2 Å². The minimum absolute atomic E-state index is 0.960. The minimum atomic E-state index is -2.20. The van der Waals surface area contributed by atoms with Crippen molar-refractivity contribution in [2.24, 2.45) is 0 Å². The summed E-state index contributed by atoms with van der Waals surface area (Å²) in [5.74, 6) is 0. The molecule has 0 atom stereocenters. The van der Waals surface area contributed by atoms with E-state index in [4.69, 9.17) is 0 Å². The molecule has 0 heterocycles. The van der Waals surface area contributed by atoms with E-state index in [9.17, 15) is 5.02 Å². The highest BCUT2D eigenvalue weighted by molar-refractivity contribution is 7.95. The Labute approximate surface area is 241 Å². The lowest BCUT2D eigenvalue weighted by Crippen LogP contribution is -2.70. The Balaban J connectivity index is 1.76. The zero-order valence-electron chi connectivity index (χ0n) is 24.9. The van der Waals surface area contributed by atoms with E-state index in [0.717, 1.165) is 38.6 Å². The van der Waals surface area contributed by atoms with Gasteiger partial charge in [0.15, 0.2) is 6.35 Å². The summed E-state index contributed by atoms with van der Waals surface area (Å²) in [5.41, 5.74) is 10.0. The summed E-state index contributed by atoms with van der Waals surface area (Å²) in [6, 6.07) is 39.5. The summed E-state index contributed by atoms with van der Waals surface area (Å²) >= 11 is 0. The number of benzene rings is 5. The predicted octanol–water partition coefficient (Wildman–Crippen LogP) is 5.42. The molecule has 5 rings (SSSR count). The number of rotatable bonds is 6. The molecule has 1 N–H and O–H groups in total. The topological polar surface area (TPSA) is 20.2 Å². The van der Waals surface area contributed by atoms with Crippen molar-refractivity contribution in [2.75, 3.05) is 6.66 Å². The lowest BCUT2D eigenvalue weighted by molar-refractivity contribution is 0.582. The van der Waals surface area contributed by atoms with Crippen molar-refractivity contribution in [3.8, 4) is 0 Å². The van der Waals surface area contributed by atoms with Crippen molar-refractivity contribution in [3.05, 3.63) is 143 Å². The molecular weight excluding hydrogens is 502 g/mol. The van der Waals surface area contributed by atoms with Gasteiger partial charge in [-0.3, -0.25) is 0 Å². The van der Waals surface area contributed by atoms with E-state index < -0.39 is 13.6 Å². The normalized spacial score (nSPS) is 12.0. The Kier molecular flexibility index (Phi) is 7.62. The van der Waals surface area contributed by atoms with Crippen molar-refractivity contribution >= 4 is 45.9 Å². The van der Waals surface area contributed by atoms with Gasteiger partial charge in [-0.05, 0) is 77.9 Å². The molecule has 0 amide bonds. The fourth-order valence-corrected chi connectivity index (χ4v) is 10.3. The first-order chi connectivity index (χ1) is 19.1. The van der Waals surface area contributed by atoms with Gasteiger partial charge < -0.3 is 5.02 Å². The molecule has 0 bridgehead atoms. The zero-order chi connectivity index (χ0) is 28.7. The molecule has 0 saturated heterocycles. The van der Waals surface area contributed by atoms with Crippen LogP contribution in [0.3, 0.4) is 0 Å². The average Bonchev–Trinajstić information content (AvgIpc) is 2.92. The standard InChI is InChI=1S/C37H40BOP/c1-26-22-28(3)36(29(4)23-26)38(39,37-30(5)24-27(2)25-31(37)6)32-18-20-35(21-19-32)40(7,33-14-10-8-11-15-33)34-16-12-9-13-17-34/h8-25,39H,1-7H3. The van der Waals surface area contributed by atoms with Crippen LogP contribution in [0, 0.1) is 41.5 Å². The molecule has 40 heavy (non-hydrogen) atoms. The maximum Gasteiger partial charge on any atom is 0.196 e. The summed E-state index contributed by atoms with van der Waals surface area (Å²) in [5, 5.41) is 17.1. The Hall–Kier alpha value is -3.45. The molecule has 5 aromatic rings. The van der Waals surface area contributed by atoms with Gasteiger partial charge in [0.25, 0.3) is 0 Å². The zero-order valence-corrected chi connectivity index (χ0v) is 25.8. The third-order valence-corrected chi connectivity index (χ3v) is 12.7. The Morgan fingerprint density at radius 1 is 0.475 bits per heavy atom. The third-order valence-electron chi connectivity index (χ3n) is 8.75. The monoisotopic (exact) mass is 542 g/mol. The number of aryl methyl sites for hydroxylation is 6. The van der Waals surface area contributed by atoms with Gasteiger partial charge in [-0.1, -0.05) is 106 Å². The Morgan fingerprint density at radius 2 is 0.800 bits per heavy atom. The first-order valence-corrected chi connectivity index (χ1v) is 16.4. The second kappa shape index (κ2) is 10.8. The average molecular weight is 543 g/mol. The van der Waals surface area contributed by atoms with Crippen LogP contribution in [0.2, 0.25) is 0 Å². The predicted molar refractivity (Wildman–Crippen MR) is 179 cm³/mol. The Bertz CT molecular complexity index is 1510. The third kappa shape index (κ3) is 4.74. The summed E-state index contributed by atoms with van der Waals surface area (Å²) in [6.07, 6.45) is -2.20. The molecule has 5 aromatic carbocycles. The molecule has 0 radical (unpaired) electrons. The minimum Gasteiger partial charge on any atom is -0.594 e. The van der Waals surface area contributed by atoms with Crippen molar-refractivity contribution in [1.29, 1.82) is 0 Å². The maximum absolute atomic E-state index is 13.1. The highest BCUT2D eigenvalue weighted by Crippen LogP contribution is 2.51. The lowest BCUT2D eigenvalue weighted by Gasteiger charge is -2.43. The van der Waals surface area contributed by atoms with E-state index in [-0.39, 0.29) is 0 Å². The van der Waals surface area contributed by atoms with E-state index in [0.29, 0.717) is 0 Å². The highest BCUT2D eigenvalue weighted by atomic mass is 31.2. The van der Waals surface area contributed by atoms with Crippen LogP contribution < -0.4 is 32.3 Å². The van der Waals surface area contributed by atoms with Gasteiger partial charge in [0.05, 0.1) is 6.66 Å². The van der Waals surface area contributed by atoms with Crippen molar-refractivity contribution in [2.45, 2.75) is 41.5 Å². The molecule has 3 heteroatoms. The second-order valence-electron chi connectivity index (χ2n) is 11.7. The van der Waals surface area contributed by atoms with Crippen LogP contribution in [0.25, 0.3) is 0 Å². The highest BCUT2D eigenvalue weighted by Gasteiger charge is 2.40. The summed E-state index contributed by atoms with van der Waals surface area (Å²) < 4.78 is 0. The van der Waals surface area contributed by atoms with E-state index in [2.05, 4.69) is 157 Å². The number of hydrogen-bond acceptors (Lipinski definition) is 1. The molecule has 202 valence electrons. The van der Waals surface area contributed by atoms with Gasteiger partial charge in [0.2, 0.25) is 0 Å². The largest absolute Gasteiger partial charge is 0.594 e. The number of hydrogen-bond donors (Lipinski definition) is 1. The molecule has 0 spiro atoms. The van der Waals surface area contributed by atoms with E-state index in [1.807, 2.05) is 0 Å². The van der Waals surface area contributed by atoms with E-state index in [1.54, 1.807) is 0 Å². The SMILES string of the molecule is Cc1cc(C)c([B-](O)(c2ccc([P+](C)(c3ccccc3)c3ccccc3)cc2)c2c(C)cc(C)cc2C)c(C)c1. The molecule has 0 unspecified atom stereocenters. The molecule has 0 aliphatic carbocycles. The van der Waals surface area contributed by atoms with Gasteiger partial charge in [-0.25, -0.2) is 0 Å². The van der Waals surface area contributed by atoms with Gasteiger partial charge >= 0.3 is 0 Å². The van der Waals surface area contributed by atoms with Gasteiger partial charge in [-0.2, -0.15) is 16.4 Å². The van der Waals surface area contributed by atoms with E-state index in [1.165, 1.54) is 27.0 Å². The van der Waals surface area contributed by atoms with Crippen LogP contribution in [-0.4, -0.2) is 18.0 Å². The molecule has 0 aromatic heterocycles. The lowest BCUT2D eigenvalue weighted by atomic mass is 9.26. The summed E-state index contributed by atoms with van der Waals surface area (Å²) in [7, 11) is -1.87. The van der Waals surface area contributed by atoms with Crippen LogP contribution in [-0.2, 0) is 0 Å². The molecule has 0 aliphatic rings. The second-order valence-corrected chi connectivity index (χ2v) is 15.3. The first-order valence-electron chi connectivity index (χ1n) is 14.2. The van der Waals surface area contributed by atoms with Crippen LogP contribution in [0.15, 0.2) is 109 Å². The van der Waals surface area contributed by atoms with E-state index >= 15 is 0 Å². The molecule has 0 fully saturated rings. The fraction of sp³-hybridized carbons (Fsp3) is 0.189. The van der Waals surface area contributed by atoms with Gasteiger partial charge in [-0.15, -0.1) is 0 Å².